The SMILES string of the molecule is C[Si](C)(C)CCOCN1C(=O)C2(Cc3cc(CC=O)c(N=O)cc3C2)c2cccnc21. The second kappa shape index (κ2) is 8.09. The maximum atomic E-state index is 13.7. The summed E-state index contributed by atoms with van der Waals surface area (Å²) >= 11 is 0. The molecule has 162 valence electrons. The Morgan fingerprint density at radius 1 is 1.26 bits per heavy atom. The molecule has 1 atom stereocenters. The van der Waals surface area contributed by atoms with Crippen LogP contribution >= 0.6 is 0 Å². The van der Waals surface area contributed by atoms with Gasteiger partial charge in [0.2, 0.25) is 5.91 Å². The number of rotatable bonds is 8. The number of pyridine rings is 1. The summed E-state index contributed by atoms with van der Waals surface area (Å²) in [5, 5.41) is 3.10. The van der Waals surface area contributed by atoms with E-state index in [0.29, 0.717) is 30.8 Å². The highest BCUT2D eigenvalue weighted by molar-refractivity contribution is 6.76. The number of fused-ring (bicyclic) bond motifs is 3. The standard InChI is InChI=1S/C23H27N3O4Si/c1-31(2,3)10-9-30-15-26-21-19(5-4-7-24-21)23(22(26)28)13-17-11-16(6-8-27)20(25-29)12-18(17)14-23/h4-5,7-8,11-12H,6,9-10,13-15H2,1-3H3. The van der Waals surface area contributed by atoms with Crippen LogP contribution in [0.25, 0.3) is 0 Å². The molecule has 1 unspecified atom stereocenters. The monoisotopic (exact) mass is 437 g/mol. The third-order valence-corrected chi connectivity index (χ3v) is 7.92. The van der Waals surface area contributed by atoms with Gasteiger partial charge in [-0.05, 0) is 52.9 Å². The summed E-state index contributed by atoms with van der Waals surface area (Å²) in [7, 11) is -1.22. The molecule has 0 fully saturated rings. The van der Waals surface area contributed by atoms with E-state index in [1.165, 1.54) is 0 Å². The predicted molar refractivity (Wildman–Crippen MR) is 121 cm³/mol. The fourth-order valence-electron chi connectivity index (χ4n) is 4.56. The van der Waals surface area contributed by atoms with E-state index in [4.69, 9.17) is 4.74 Å². The second-order valence-electron chi connectivity index (χ2n) is 9.60. The topological polar surface area (TPSA) is 88.9 Å². The van der Waals surface area contributed by atoms with Gasteiger partial charge in [0.15, 0.2) is 0 Å². The summed E-state index contributed by atoms with van der Waals surface area (Å²) in [6.07, 6.45) is 3.58. The van der Waals surface area contributed by atoms with Crippen molar-refractivity contribution in [2.24, 2.45) is 5.18 Å². The summed E-state index contributed by atoms with van der Waals surface area (Å²) in [4.78, 5) is 42.1. The summed E-state index contributed by atoms with van der Waals surface area (Å²) in [5.74, 6) is 0.623. The molecule has 2 heterocycles. The van der Waals surface area contributed by atoms with Gasteiger partial charge in [-0.1, -0.05) is 31.8 Å². The number of carbonyl (C=O) groups is 2. The van der Waals surface area contributed by atoms with E-state index < -0.39 is 13.5 Å². The van der Waals surface area contributed by atoms with Crippen LogP contribution < -0.4 is 4.90 Å². The second-order valence-corrected chi connectivity index (χ2v) is 15.2. The Hall–Kier alpha value is -2.71. The lowest BCUT2D eigenvalue weighted by Gasteiger charge is -2.23. The van der Waals surface area contributed by atoms with Gasteiger partial charge in [0, 0.05) is 32.9 Å². The van der Waals surface area contributed by atoms with Crippen LogP contribution in [-0.2, 0) is 39.0 Å². The van der Waals surface area contributed by atoms with Crippen LogP contribution in [0.1, 0.15) is 22.3 Å². The van der Waals surface area contributed by atoms with E-state index in [0.717, 1.165) is 29.0 Å². The van der Waals surface area contributed by atoms with Crippen molar-refractivity contribution < 1.29 is 14.3 Å². The highest BCUT2D eigenvalue weighted by atomic mass is 28.3. The third kappa shape index (κ3) is 3.85. The number of hydrogen-bond donors (Lipinski definition) is 0. The van der Waals surface area contributed by atoms with Crippen molar-refractivity contribution in [3.05, 3.63) is 57.6 Å². The molecule has 0 bridgehead atoms. The van der Waals surface area contributed by atoms with Crippen molar-refractivity contribution in [3.63, 3.8) is 0 Å². The Bertz CT molecular complexity index is 1050. The van der Waals surface area contributed by atoms with Gasteiger partial charge < -0.3 is 9.53 Å². The Kier molecular flexibility index (Phi) is 5.61. The predicted octanol–water partition coefficient (Wildman–Crippen LogP) is 3.92. The molecule has 0 N–H and O–H groups in total. The molecular weight excluding hydrogens is 410 g/mol. The van der Waals surface area contributed by atoms with Crippen molar-refractivity contribution in [2.45, 2.75) is 50.4 Å². The van der Waals surface area contributed by atoms with Crippen molar-refractivity contribution in [1.82, 2.24) is 4.98 Å². The average molecular weight is 438 g/mol. The number of carbonyl (C=O) groups excluding carboxylic acids is 2. The van der Waals surface area contributed by atoms with Crippen LogP contribution in [0, 0.1) is 4.91 Å². The Balaban J connectivity index is 1.63. The first-order valence-electron chi connectivity index (χ1n) is 10.6. The number of benzene rings is 1. The molecule has 2 aromatic rings. The van der Waals surface area contributed by atoms with E-state index in [-0.39, 0.29) is 24.7 Å². The van der Waals surface area contributed by atoms with Crippen LogP contribution in [0.3, 0.4) is 0 Å². The number of ether oxygens (including phenoxy) is 1. The lowest BCUT2D eigenvalue weighted by Crippen LogP contribution is -2.42. The molecule has 8 heteroatoms. The van der Waals surface area contributed by atoms with Gasteiger partial charge in [0.1, 0.15) is 24.5 Å². The van der Waals surface area contributed by atoms with Gasteiger partial charge in [0.25, 0.3) is 0 Å². The van der Waals surface area contributed by atoms with Crippen molar-refractivity contribution in [2.75, 3.05) is 18.2 Å². The largest absolute Gasteiger partial charge is 0.361 e. The number of aromatic nitrogens is 1. The number of aldehydes is 1. The first-order valence-corrected chi connectivity index (χ1v) is 14.3. The van der Waals surface area contributed by atoms with Crippen LogP contribution in [-0.4, -0.2) is 38.6 Å². The molecule has 0 saturated heterocycles. The van der Waals surface area contributed by atoms with E-state index in [2.05, 4.69) is 29.8 Å². The van der Waals surface area contributed by atoms with E-state index in [1.807, 2.05) is 18.2 Å². The molecule has 0 radical (unpaired) electrons. The quantitative estimate of drug-likeness (QED) is 0.270. The van der Waals surface area contributed by atoms with Crippen molar-refractivity contribution in [3.8, 4) is 0 Å². The minimum atomic E-state index is -1.22. The highest BCUT2D eigenvalue weighted by Crippen LogP contribution is 2.49. The third-order valence-electron chi connectivity index (χ3n) is 6.22. The van der Waals surface area contributed by atoms with Gasteiger partial charge in [-0.25, -0.2) is 4.98 Å². The molecule has 1 aromatic heterocycles. The van der Waals surface area contributed by atoms with E-state index in [9.17, 15) is 14.5 Å². The maximum Gasteiger partial charge on any atom is 0.241 e. The normalized spacial score (nSPS) is 19.6. The average Bonchev–Trinajstić information content (AvgIpc) is 3.21. The van der Waals surface area contributed by atoms with E-state index in [1.54, 1.807) is 17.2 Å². The zero-order valence-electron chi connectivity index (χ0n) is 18.2. The molecule has 1 amide bonds. The Morgan fingerprint density at radius 3 is 2.68 bits per heavy atom. The molecule has 2 aliphatic rings. The zero-order chi connectivity index (χ0) is 22.2. The zero-order valence-corrected chi connectivity index (χ0v) is 19.2. The number of hydrogen-bond acceptors (Lipinski definition) is 6. The first kappa shape index (κ1) is 21.5. The minimum absolute atomic E-state index is 0.0250. The molecule has 7 nitrogen and oxygen atoms in total. The summed E-state index contributed by atoms with van der Waals surface area (Å²) in [5.41, 5.74) is 2.91. The number of anilines is 1. The fourth-order valence-corrected chi connectivity index (χ4v) is 5.32. The van der Waals surface area contributed by atoms with Crippen molar-refractivity contribution >= 4 is 31.8 Å². The summed E-state index contributed by atoms with van der Waals surface area (Å²) in [6.45, 7) is 7.68. The van der Waals surface area contributed by atoms with Gasteiger partial charge in [-0.15, -0.1) is 4.91 Å². The Labute approximate surface area is 182 Å². The highest BCUT2D eigenvalue weighted by Gasteiger charge is 2.54. The smallest absolute Gasteiger partial charge is 0.241 e. The Morgan fingerprint density at radius 2 is 2.00 bits per heavy atom. The molecule has 31 heavy (non-hydrogen) atoms. The van der Waals surface area contributed by atoms with Crippen LogP contribution in [0.5, 0.6) is 0 Å². The van der Waals surface area contributed by atoms with Crippen molar-refractivity contribution in [1.29, 1.82) is 0 Å². The van der Waals surface area contributed by atoms with Crippen LogP contribution in [0.4, 0.5) is 11.5 Å². The van der Waals surface area contributed by atoms with Gasteiger partial charge in [-0.2, -0.15) is 0 Å². The minimum Gasteiger partial charge on any atom is -0.361 e. The number of amides is 1. The maximum absolute atomic E-state index is 13.7. The number of nitrogens with zero attached hydrogens (tertiary/aromatic N) is 3. The summed E-state index contributed by atoms with van der Waals surface area (Å²) < 4.78 is 5.89. The lowest BCUT2D eigenvalue weighted by atomic mass is 9.79. The van der Waals surface area contributed by atoms with E-state index >= 15 is 0 Å². The van der Waals surface area contributed by atoms with Crippen LogP contribution in [0.2, 0.25) is 25.7 Å². The summed E-state index contributed by atoms with van der Waals surface area (Å²) in [6, 6.07) is 8.42. The molecule has 1 aliphatic heterocycles. The van der Waals surface area contributed by atoms with Gasteiger partial charge in [0.05, 0.1) is 5.41 Å². The lowest BCUT2D eigenvalue weighted by molar-refractivity contribution is -0.124. The first-order chi connectivity index (χ1) is 14.8. The number of nitroso groups, excluding NO2 is 1. The molecular formula is C23H27N3O4Si. The molecule has 1 aromatic carbocycles. The van der Waals surface area contributed by atoms with Crippen LogP contribution in [0.15, 0.2) is 35.6 Å². The molecule has 4 rings (SSSR count). The van der Waals surface area contributed by atoms with Gasteiger partial charge in [-0.3, -0.25) is 9.69 Å². The molecule has 1 spiro atoms. The fraction of sp³-hybridized carbons (Fsp3) is 0.435. The van der Waals surface area contributed by atoms with Gasteiger partial charge >= 0.3 is 0 Å². The molecule has 0 saturated carbocycles. The molecule has 1 aliphatic carbocycles.